The molecule has 0 spiro atoms. The number of rotatable bonds is 7. The molecule has 40 heavy (non-hydrogen) atoms. The Labute approximate surface area is 243 Å². The third-order valence-electron chi connectivity index (χ3n) is 8.74. The first kappa shape index (κ1) is 29.0. The number of benzene rings is 2. The molecule has 8 heteroatoms. The monoisotopic (exact) mass is 582 g/mol. The van der Waals surface area contributed by atoms with E-state index in [-0.39, 0.29) is 28.9 Å². The first-order chi connectivity index (χ1) is 18.9. The molecule has 1 N–H and O–H groups in total. The fourth-order valence-electron chi connectivity index (χ4n) is 5.26. The van der Waals surface area contributed by atoms with Gasteiger partial charge >= 0.3 is 0 Å². The molecule has 0 saturated carbocycles. The van der Waals surface area contributed by atoms with Crippen molar-refractivity contribution >= 4 is 20.1 Å². The molecule has 2 saturated heterocycles. The second kappa shape index (κ2) is 11.0. The molecule has 2 aromatic carbocycles. The van der Waals surface area contributed by atoms with Gasteiger partial charge in [-0.1, -0.05) is 39.0 Å². The van der Waals surface area contributed by atoms with Gasteiger partial charge in [0.05, 0.1) is 19.6 Å². The smallest absolute Gasteiger partial charge is 0.193 e. The van der Waals surface area contributed by atoms with Crippen LogP contribution in [0.4, 0.5) is 0 Å². The van der Waals surface area contributed by atoms with Crippen LogP contribution in [0.15, 0.2) is 82.8 Å². The number of methoxy groups -OCH3 is 1. The van der Waals surface area contributed by atoms with E-state index in [4.69, 9.17) is 23.4 Å². The van der Waals surface area contributed by atoms with Gasteiger partial charge in [-0.2, -0.15) is 0 Å². The van der Waals surface area contributed by atoms with Crippen LogP contribution in [0.3, 0.4) is 0 Å². The highest BCUT2D eigenvalue weighted by Gasteiger charge is 2.54. The van der Waals surface area contributed by atoms with Crippen molar-refractivity contribution in [2.24, 2.45) is 5.92 Å². The van der Waals surface area contributed by atoms with Gasteiger partial charge in [-0.05, 0) is 74.0 Å². The van der Waals surface area contributed by atoms with Gasteiger partial charge in [0.15, 0.2) is 14.1 Å². The highest BCUT2D eigenvalue weighted by Crippen LogP contribution is 2.52. The fourth-order valence-corrected chi connectivity index (χ4v) is 7.80. The summed E-state index contributed by atoms with van der Waals surface area (Å²) in [5.41, 5.74) is 0. The zero-order valence-electron chi connectivity index (χ0n) is 24.6. The first-order valence-electron chi connectivity index (χ1n) is 14.1. The van der Waals surface area contributed by atoms with E-state index in [0.717, 1.165) is 22.8 Å². The highest BCUT2D eigenvalue weighted by molar-refractivity contribution is 8.01. The van der Waals surface area contributed by atoms with Gasteiger partial charge in [0, 0.05) is 11.3 Å². The summed E-state index contributed by atoms with van der Waals surface area (Å²) in [6.07, 6.45) is 2.49. The van der Waals surface area contributed by atoms with Crippen molar-refractivity contribution < 1.29 is 28.5 Å². The van der Waals surface area contributed by atoms with E-state index in [1.165, 1.54) is 0 Å². The van der Waals surface area contributed by atoms with Gasteiger partial charge in [-0.25, -0.2) is 0 Å². The molecule has 0 aliphatic carbocycles. The number of hydrogen-bond acceptors (Lipinski definition) is 7. The minimum Gasteiger partial charge on any atom is -0.507 e. The predicted octanol–water partition coefficient (Wildman–Crippen LogP) is 7.88. The molecule has 6 nitrogen and oxygen atoms in total. The molecule has 3 aliphatic heterocycles. The van der Waals surface area contributed by atoms with Crippen molar-refractivity contribution in [3.8, 4) is 11.5 Å². The van der Waals surface area contributed by atoms with Crippen LogP contribution >= 0.6 is 11.8 Å². The van der Waals surface area contributed by atoms with Crippen molar-refractivity contribution in [2.75, 3.05) is 13.7 Å². The predicted molar refractivity (Wildman–Crippen MR) is 161 cm³/mol. The Bertz CT molecular complexity index is 1250. The van der Waals surface area contributed by atoms with E-state index in [1.807, 2.05) is 42.5 Å². The van der Waals surface area contributed by atoms with Crippen LogP contribution in [-0.4, -0.2) is 50.2 Å². The summed E-state index contributed by atoms with van der Waals surface area (Å²) >= 11 is 1.61. The van der Waals surface area contributed by atoms with Gasteiger partial charge in [0.1, 0.15) is 46.1 Å². The number of aliphatic hydroxyl groups excluding tert-OH is 1. The average Bonchev–Trinajstić information content (AvgIpc) is 3.55. The average molecular weight is 583 g/mol. The third kappa shape index (κ3) is 5.63. The SMILES string of the molecule is COc1ccc(O[C@H]2/C=C3/O[C@@H](C[C@@H]3O[Si](C)(C)C(C)(C)C)[C@](C)(Sc3ccccc3)/C(O)=C3/OCC[C@H]32)cc1. The number of ether oxygens (including phenoxy) is 4. The van der Waals surface area contributed by atoms with Crippen LogP contribution in [0.5, 0.6) is 11.5 Å². The summed E-state index contributed by atoms with van der Waals surface area (Å²) in [7, 11) is -0.480. The summed E-state index contributed by atoms with van der Waals surface area (Å²) in [5.74, 6) is 2.92. The standard InChI is InChI=1S/C32H42O6SSi/c1-31(2,3)40(6,7)38-27-20-28-32(4,39-23-11-9-8-10-12-23)30(33)29-24(17-18-35-29)25(19-26(27)37-28)36-22-15-13-21(34-5)14-16-22/h8-16,19,24-25,27-28,33H,17-18,20H2,1-7H3/b26-19+,30-29-/t24-,25-,27-,28-,32-/m0/s1. The molecule has 216 valence electrons. The van der Waals surface area contributed by atoms with Crippen molar-refractivity contribution in [2.45, 2.75) is 86.6 Å². The van der Waals surface area contributed by atoms with E-state index < -0.39 is 19.2 Å². The zero-order chi connectivity index (χ0) is 28.7. The van der Waals surface area contributed by atoms with Gasteiger partial charge in [0.2, 0.25) is 0 Å². The maximum Gasteiger partial charge on any atom is 0.193 e. The lowest BCUT2D eigenvalue weighted by molar-refractivity contribution is 0.112. The molecule has 5 atom stereocenters. The quantitative estimate of drug-likeness (QED) is 0.333. The zero-order valence-corrected chi connectivity index (χ0v) is 26.4. The van der Waals surface area contributed by atoms with Crippen LogP contribution in [0.25, 0.3) is 0 Å². The Morgan fingerprint density at radius 3 is 2.35 bits per heavy atom. The van der Waals surface area contributed by atoms with Crippen molar-refractivity contribution in [1.82, 2.24) is 0 Å². The van der Waals surface area contributed by atoms with Crippen molar-refractivity contribution in [1.29, 1.82) is 0 Å². The molecule has 0 aromatic heterocycles. The Kier molecular flexibility index (Phi) is 7.98. The van der Waals surface area contributed by atoms with E-state index in [0.29, 0.717) is 24.5 Å². The molecule has 3 heterocycles. The number of fused-ring (bicyclic) bond motifs is 3. The topological polar surface area (TPSA) is 66.4 Å². The molecule has 0 unspecified atom stereocenters. The molecule has 2 bridgehead atoms. The normalized spacial score (nSPS) is 31.5. The van der Waals surface area contributed by atoms with Crippen LogP contribution in [0.1, 0.15) is 40.5 Å². The van der Waals surface area contributed by atoms with Gasteiger partial charge in [-0.15, -0.1) is 11.8 Å². The summed E-state index contributed by atoms with van der Waals surface area (Å²) < 4.78 is 31.1. The maximum absolute atomic E-state index is 12.0. The molecular formula is C32H42O6SSi. The minimum atomic E-state index is -2.13. The number of hydrogen-bond donors (Lipinski definition) is 1. The molecule has 2 aromatic rings. The van der Waals surface area contributed by atoms with Gasteiger partial charge < -0.3 is 28.5 Å². The molecule has 0 radical (unpaired) electrons. The number of aliphatic hydroxyl groups is 1. The number of thioether (sulfide) groups is 1. The van der Waals surface area contributed by atoms with Crippen molar-refractivity contribution in [3.05, 3.63) is 78.0 Å². The lowest BCUT2D eigenvalue weighted by Crippen LogP contribution is -2.45. The lowest BCUT2D eigenvalue weighted by Gasteiger charge is -2.38. The van der Waals surface area contributed by atoms with E-state index in [1.54, 1.807) is 18.9 Å². The van der Waals surface area contributed by atoms with Crippen LogP contribution in [-0.2, 0) is 13.9 Å². The first-order valence-corrected chi connectivity index (χ1v) is 17.8. The van der Waals surface area contributed by atoms with E-state index in [2.05, 4.69) is 59.0 Å². The Morgan fingerprint density at radius 1 is 1.02 bits per heavy atom. The molecule has 0 amide bonds. The summed E-state index contributed by atoms with van der Waals surface area (Å²) in [5, 5.41) is 12.1. The summed E-state index contributed by atoms with van der Waals surface area (Å²) in [4.78, 5) is 1.06. The highest BCUT2D eigenvalue weighted by atomic mass is 32.2. The third-order valence-corrected chi connectivity index (χ3v) is 14.6. The second-order valence-corrected chi connectivity index (χ2v) is 18.8. The summed E-state index contributed by atoms with van der Waals surface area (Å²) in [6.45, 7) is 13.9. The Hall–Kier alpha value is -2.55. The van der Waals surface area contributed by atoms with Crippen LogP contribution in [0, 0.1) is 5.92 Å². The van der Waals surface area contributed by atoms with E-state index in [9.17, 15) is 5.11 Å². The van der Waals surface area contributed by atoms with Gasteiger partial charge in [0.25, 0.3) is 0 Å². The fraction of sp³-hybridized carbons (Fsp3) is 0.500. The van der Waals surface area contributed by atoms with Crippen LogP contribution in [0.2, 0.25) is 18.1 Å². The molecule has 2 fully saturated rings. The Morgan fingerprint density at radius 2 is 1.70 bits per heavy atom. The minimum absolute atomic E-state index is 0.0445. The molecule has 3 aliphatic rings. The molecule has 5 rings (SSSR count). The van der Waals surface area contributed by atoms with E-state index >= 15 is 0 Å². The molecular weight excluding hydrogens is 540 g/mol. The summed E-state index contributed by atoms with van der Waals surface area (Å²) in [6, 6.07) is 17.7. The van der Waals surface area contributed by atoms with Gasteiger partial charge in [-0.3, -0.25) is 0 Å². The second-order valence-electron chi connectivity index (χ2n) is 12.5. The van der Waals surface area contributed by atoms with Crippen LogP contribution < -0.4 is 9.47 Å². The van der Waals surface area contributed by atoms with Crippen molar-refractivity contribution in [3.63, 3.8) is 0 Å². The largest absolute Gasteiger partial charge is 0.507 e. The Balaban J connectivity index is 1.59. The maximum atomic E-state index is 12.0. The lowest BCUT2D eigenvalue weighted by atomic mass is 9.89.